The topological polar surface area (TPSA) is 84.0 Å². The van der Waals surface area contributed by atoms with Gasteiger partial charge in [-0.15, -0.1) is 0 Å². The van der Waals surface area contributed by atoms with Gasteiger partial charge in [-0.3, -0.25) is 19.2 Å². The molecule has 3 amide bonds. The molecule has 35 heavy (non-hydrogen) atoms. The molecule has 7 nitrogen and oxygen atoms in total. The van der Waals surface area contributed by atoms with Gasteiger partial charge in [-0.1, -0.05) is 42.5 Å². The molecule has 1 fully saturated rings. The lowest BCUT2D eigenvalue weighted by atomic mass is 10.1. The van der Waals surface area contributed by atoms with Crippen LogP contribution in [-0.2, 0) is 9.59 Å². The maximum atomic E-state index is 12.9. The van der Waals surface area contributed by atoms with Crippen molar-refractivity contribution in [1.29, 1.82) is 0 Å². The molecule has 2 aliphatic rings. The summed E-state index contributed by atoms with van der Waals surface area (Å²) >= 11 is 0. The minimum absolute atomic E-state index is 0.0829. The number of benzene rings is 3. The Kier molecular flexibility index (Phi) is 5.68. The van der Waals surface area contributed by atoms with Crippen molar-refractivity contribution in [1.82, 2.24) is 4.90 Å². The number of carbonyl (C=O) groups excluding carboxylic acids is 4. The maximum Gasteiger partial charge on any atom is 0.316 e. The van der Waals surface area contributed by atoms with E-state index < -0.39 is 11.9 Å². The standard InChI is InChI=1S/C28H24N2O5/c1-17-14-21(12-13-24(17)30-26(32)22-10-6-7-11-23(22)27(30)33)35-28(34)20-15-25(31)29(16-20)18(2)19-8-4-3-5-9-19/h3-14,18,20H,15-16H2,1-2H3/t18-,20+/m0/s1. The van der Waals surface area contributed by atoms with Crippen LogP contribution in [0.5, 0.6) is 5.75 Å². The molecule has 0 aromatic heterocycles. The molecule has 0 spiro atoms. The van der Waals surface area contributed by atoms with E-state index >= 15 is 0 Å². The van der Waals surface area contributed by atoms with Crippen LogP contribution in [0.4, 0.5) is 5.69 Å². The molecule has 3 aromatic rings. The van der Waals surface area contributed by atoms with Crippen LogP contribution in [0.25, 0.3) is 0 Å². The van der Waals surface area contributed by atoms with E-state index in [4.69, 9.17) is 4.74 Å². The van der Waals surface area contributed by atoms with Gasteiger partial charge in [-0.05, 0) is 55.3 Å². The average molecular weight is 469 g/mol. The maximum absolute atomic E-state index is 12.9. The Balaban J connectivity index is 1.28. The number of nitrogens with zero attached hydrogens (tertiary/aromatic N) is 2. The molecule has 176 valence electrons. The first kappa shape index (κ1) is 22.5. The summed E-state index contributed by atoms with van der Waals surface area (Å²) in [5, 5.41) is 0. The number of hydrogen-bond donors (Lipinski definition) is 0. The molecule has 2 heterocycles. The van der Waals surface area contributed by atoms with Gasteiger partial charge >= 0.3 is 5.97 Å². The summed E-state index contributed by atoms with van der Waals surface area (Å²) in [7, 11) is 0. The second kappa shape index (κ2) is 8.83. The molecule has 7 heteroatoms. The van der Waals surface area contributed by atoms with Crippen LogP contribution in [0.2, 0.25) is 0 Å². The lowest BCUT2D eigenvalue weighted by Gasteiger charge is -2.25. The molecule has 0 bridgehead atoms. The van der Waals surface area contributed by atoms with E-state index in [-0.39, 0.29) is 30.2 Å². The summed E-state index contributed by atoms with van der Waals surface area (Å²) in [5.41, 5.74) is 2.80. The molecular formula is C28H24N2O5. The molecule has 0 N–H and O–H groups in total. The minimum atomic E-state index is -0.565. The Morgan fingerprint density at radius 2 is 1.54 bits per heavy atom. The van der Waals surface area contributed by atoms with Crippen LogP contribution in [0.15, 0.2) is 72.8 Å². The van der Waals surface area contributed by atoms with E-state index in [1.54, 1.807) is 54.3 Å². The van der Waals surface area contributed by atoms with Crippen molar-refractivity contribution < 1.29 is 23.9 Å². The van der Waals surface area contributed by atoms with E-state index in [0.717, 1.165) is 10.5 Å². The van der Waals surface area contributed by atoms with Crippen LogP contribution < -0.4 is 9.64 Å². The highest BCUT2D eigenvalue weighted by Crippen LogP contribution is 2.33. The smallest absolute Gasteiger partial charge is 0.316 e. The first-order chi connectivity index (χ1) is 16.8. The third-order valence-corrected chi connectivity index (χ3v) is 6.66. The lowest BCUT2D eigenvalue weighted by molar-refractivity contribution is -0.139. The second-order valence-electron chi connectivity index (χ2n) is 8.89. The first-order valence-electron chi connectivity index (χ1n) is 11.5. The third-order valence-electron chi connectivity index (χ3n) is 6.66. The molecule has 0 saturated carbocycles. The summed E-state index contributed by atoms with van der Waals surface area (Å²) in [6, 6.07) is 21.0. The van der Waals surface area contributed by atoms with Crippen molar-refractivity contribution in [2.24, 2.45) is 5.92 Å². The van der Waals surface area contributed by atoms with E-state index in [2.05, 4.69) is 0 Å². The number of fused-ring (bicyclic) bond motifs is 1. The summed E-state index contributed by atoms with van der Waals surface area (Å²) in [5.74, 6) is -1.58. The van der Waals surface area contributed by atoms with Crippen molar-refractivity contribution in [3.63, 3.8) is 0 Å². The fourth-order valence-electron chi connectivity index (χ4n) is 4.73. The highest BCUT2D eigenvalue weighted by Gasteiger charge is 2.39. The molecule has 2 aliphatic heterocycles. The highest BCUT2D eigenvalue weighted by atomic mass is 16.5. The Labute approximate surface area is 202 Å². The normalized spacial score (nSPS) is 18.1. The quantitative estimate of drug-likeness (QED) is 0.317. The zero-order chi connectivity index (χ0) is 24.7. The number of aryl methyl sites for hydroxylation is 1. The van der Waals surface area contributed by atoms with E-state index in [1.807, 2.05) is 37.3 Å². The molecule has 5 rings (SSSR count). The first-order valence-corrected chi connectivity index (χ1v) is 11.5. The second-order valence-corrected chi connectivity index (χ2v) is 8.89. The fraction of sp³-hybridized carbons (Fsp3) is 0.214. The predicted molar refractivity (Wildman–Crippen MR) is 129 cm³/mol. The fourth-order valence-corrected chi connectivity index (χ4v) is 4.73. The molecule has 1 saturated heterocycles. The summed E-state index contributed by atoms with van der Waals surface area (Å²) in [6.45, 7) is 3.99. The van der Waals surface area contributed by atoms with Gasteiger partial charge < -0.3 is 9.64 Å². The number of hydrogen-bond acceptors (Lipinski definition) is 5. The molecule has 2 atom stereocenters. The van der Waals surface area contributed by atoms with Gasteiger partial charge in [0.25, 0.3) is 11.8 Å². The van der Waals surface area contributed by atoms with Crippen LogP contribution in [0.1, 0.15) is 51.2 Å². The van der Waals surface area contributed by atoms with Gasteiger partial charge in [0.05, 0.1) is 28.8 Å². The molecule has 0 radical (unpaired) electrons. The van der Waals surface area contributed by atoms with E-state index in [1.165, 1.54) is 0 Å². The largest absolute Gasteiger partial charge is 0.426 e. The zero-order valence-corrected chi connectivity index (χ0v) is 19.4. The number of esters is 1. The van der Waals surface area contributed by atoms with Crippen molar-refractivity contribution in [2.75, 3.05) is 11.4 Å². The van der Waals surface area contributed by atoms with Crippen molar-refractivity contribution in [3.8, 4) is 5.75 Å². The van der Waals surface area contributed by atoms with E-state index in [0.29, 0.717) is 34.7 Å². The minimum Gasteiger partial charge on any atom is -0.426 e. The van der Waals surface area contributed by atoms with Gasteiger partial charge in [0.15, 0.2) is 0 Å². The highest BCUT2D eigenvalue weighted by molar-refractivity contribution is 6.34. The van der Waals surface area contributed by atoms with Gasteiger partial charge in [0.1, 0.15) is 5.75 Å². The Bertz CT molecular complexity index is 1320. The Morgan fingerprint density at radius 1 is 0.914 bits per heavy atom. The number of carbonyl (C=O) groups is 4. The summed E-state index contributed by atoms with van der Waals surface area (Å²) in [6.07, 6.45) is 0.0993. The van der Waals surface area contributed by atoms with Crippen molar-refractivity contribution in [2.45, 2.75) is 26.3 Å². The van der Waals surface area contributed by atoms with Crippen LogP contribution in [0, 0.1) is 12.8 Å². The summed E-state index contributed by atoms with van der Waals surface area (Å²) < 4.78 is 5.59. The van der Waals surface area contributed by atoms with Gasteiger partial charge in [-0.2, -0.15) is 0 Å². The van der Waals surface area contributed by atoms with Crippen LogP contribution in [-0.4, -0.2) is 35.1 Å². The molecular weight excluding hydrogens is 444 g/mol. The van der Waals surface area contributed by atoms with Gasteiger partial charge in [-0.25, -0.2) is 4.90 Å². The monoisotopic (exact) mass is 468 g/mol. The van der Waals surface area contributed by atoms with Crippen LogP contribution in [0.3, 0.4) is 0 Å². The SMILES string of the molecule is Cc1cc(OC(=O)[C@@H]2CC(=O)N([C@@H](C)c3ccccc3)C2)ccc1N1C(=O)c2ccccc2C1=O. The molecule has 3 aromatic carbocycles. The molecule has 0 aliphatic carbocycles. The number of anilines is 1. The van der Waals surface area contributed by atoms with Crippen molar-refractivity contribution in [3.05, 3.63) is 95.1 Å². The number of ether oxygens (including phenoxy) is 1. The third kappa shape index (κ3) is 3.99. The molecule has 0 unspecified atom stereocenters. The Morgan fingerprint density at radius 3 is 2.17 bits per heavy atom. The average Bonchev–Trinajstić information content (AvgIpc) is 3.37. The van der Waals surface area contributed by atoms with Gasteiger partial charge in [0, 0.05) is 13.0 Å². The number of likely N-dealkylation sites (tertiary alicyclic amines) is 1. The van der Waals surface area contributed by atoms with Gasteiger partial charge in [0.2, 0.25) is 5.91 Å². The summed E-state index contributed by atoms with van der Waals surface area (Å²) in [4.78, 5) is 53.9. The number of amides is 3. The number of rotatable bonds is 5. The Hall–Kier alpha value is -4.26. The van der Waals surface area contributed by atoms with E-state index in [9.17, 15) is 19.2 Å². The lowest BCUT2D eigenvalue weighted by Crippen LogP contribution is -2.30. The predicted octanol–water partition coefficient (Wildman–Crippen LogP) is 4.31. The zero-order valence-electron chi connectivity index (χ0n) is 19.4. The number of imide groups is 1. The van der Waals surface area contributed by atoms with Crippen molar-refractivity contribution >= 4 is 29.4 Å². The van der Waals surface area contributed by atoms with Crippen LogP contribution >= 0.6 is 0 Å².